The summed E-state index contributed by atoms with van der Waals surface area (Å²) in [7, 11) is 0. The van der Waals surface area contributed by atoms with Crippen LogP contribution in [0.5, 0.6) is 5.75 Å². The van der Waals surface area contributed by atoms with E-state index in [0.29, 0.717) is 35.4 Å². The number of anilines is 1. The molecule has 3 N–H and O–H groups in total. The average Bonchev–Trinajstić information content (AvgIpc) is 2.48. The zero-order valence-corrected chi connectivity index (χ0v) is 13.2. The highest BCUT2D eigenvalue weighted by Gasteiger charge is 2.16. The Bertz CT molecular complexity index is 462. The Kier molecular flexibility index (Phi) is 5.91. The first-order valence-corrected chi connectivity index (χ1v) is 8.91. The molecule has 1 amide bonds. The largest absolute Gasteiger partial charge is 0.492 e. The van der Waals surface area contributed by atoms with Crippen LogP contribution < -0.4 is 15.8 Å². The second-order valence-corrected chi connectivity index (χ2v) is 7.02. The van der Waals surface area contributed by atoms with Crippen LogP contribution in [0.4, 0.5) is 5.69 Å². The summed E-state index contributed by atoms with van der Waals surface area (Å²) < 4.78 is 5.36. The molecule has 1 saturated heterocycles. The minimum absolute atomic E-state index is 0.0732. The van der Waals surface area contributed by atoms with Crippen molar-refractivity contribution in [2.75, 3.05) is 36.1 Å². The van der Waals surface area contributed by atoms with Crippen LogP contribution in [-0.4, -0.2) is 41.6 Å². The number of hydrogen-bond acceptors (Lipinski definition) is 5. The van der Waals surface area contributed by atoms with Crippen LogP contribution in [0.15, 0.2) is 18.2 Å². The number of rotatable bonds is 5. The number of thioether (sulfide) groups is 2. The molecule has 0 radical (unpaired) electrons. The van der Waals surface area contributed by atoms with Crippen LogP contribution in [0.3, 0.4) is 0 Å². The number of carbonyl (C=O) groups excluding carboxylic acids is 1. The molecule has 0 bridgehead atoms. The van der Waals surface area contributed by atoms with E-state index in [2.05, 4.69) is 5.32 Å². The van der Waals surface area contributed by atoms with Crippen molar-refractivity contribution in [3.05, 3.63) is 23.8 Å². The molecular weight excluding hydrogens is 292 g/mol. The highest BCUT2D eigenvalue weighted by molar-refractivity contribution is 8.06. The van der Waals surface area contributed by atoms with Gasteiger partial charge in [0.2, 0.25) is 0 Å². The van der Waals surface area contributed by atoms with E-state index in [4.69, 9.17) is 10.5 Å². The van der Waals surface area contributed by atoms with Gasteiger partial charge in [-0.15, -0.1) is 0 Å². The number of nitrogens with two attached hydrogens (primary N) is 1. The summed E-state index contributed by atoms with van der Waals surface area (Å²) in [5.74, 6) is 4.04. The Balaban J connectivity index is 1.89. The Hall–Kier alpha value is -1.01. The molecule has 0 saturated carbocycles. The Morgan fingerprint density at radius 2 is 2.35 bits per heavy atom. The molecular formula is C14H20N2O2S2. The van der Waals surface area contributed by atoms with Crippen molar-refractivity contribution in [1.29, 1.82) is 0 Å². The van der Waals surface area contributed by atoms with Gasteiger partial charge in [-0.25, -0.2) is 0 Å². The van der Waals surface area contributed by atoms with Gasteiger partial charge in [0.25, 0.3) is 5.91 Å². The zero-order chi connectivity index (χ0) is 14.4. The molecule has 6 heteroatoms. The Morgan fingerprint density at radius 3 is 3.00 bits per heavy atom. The minimum atomic E-state index is -0.0732. The number of nitrogen functional groups attached to an aromatic ring is 1. The molecule has 1 atom stereocenters. The molecule has 1 aromatic rings. The van der Waals surface area contributed by atoms with Gasteiger partial charge in [-0.1, -0.05) is 0 Å². The van der Waals surface area contributed by atoms with Crippen molar-refractivity contribution >= 4 is 35.1 Å². The van der Waals surface area contributed by atoms with Gasteiger partial charge >= 0.3 is 0 Å². The third-order valence-electron chi connectivity index (χ3n) is 2.95. The van der Waals surface area contributed by atoms with Crippen LogP contribution in [0.1, 0.15) is 17.3 Å². The highest BCUT2D eigenvalue weighted by atomic mass is 32.2. The molecule has 1 fully saturated rings. The lowest BCUT2D eigenvalue weighted by atomic mass is 10.1. The molecule has 2 rings (SSSR count). The molecule has 1 unspecified atom stereocenters. The van der Waals surface area contributed by atoms with Crippen molar-refractivity contribution in [3.8, 4) is 5.75 Å². The lowest BCUT2D eigenvalue weighted by molar-refractivity contribution is 0.0954. The summed E-state index contributed by atoms with van der Waals surface area (Å²) in [6.07, 6.45) is 0. The van der Waals surface area contributed by atoms with Gasteiger partial charge in [-0.2, -0.15) is 23.5 Å². The fourth-order valence-electron chi connectivity index (χ4n) is 1.94. The molecule has 1 aliphatic rings. The summed E-state index contributed by atoms with van der Waals surface area (Å²) in [4.78, 5) is 12.1. The molecule has 0 spiro atoms. The summed E-state index contributed by atoms with van der Waals surface area (Å²) in [6, 6.07) is 5.17. The van der Waals surface area contributed by atoms with Crippen LogP contribution in [0.2, 0.25) is 0 Å². The summed E-state index contributed by atoms with van der Waals surface area (Å²) in [6.45, 7) is 3.18. The van der Waals surface area contributed by atoms with Crippen molar-refractivity contribution < 1.29 is 9.53 Å². The number of ether oxygens (including phenoxy) is 1. The second-order valence-electron chi connectivity index (χ2n) is 4.46. The predicted molar refractivity (Wildman–Crippen MR) is 87.9 cm³/mol. The maximum absolute atomic E-state index is 12.1. The quantitative estimate of drug-likeness (QED) is 0.817. The van der Waals surface area contributed by atoms with Crippen molar-refractivity contribution in [2.45, 2.75) is 12.2 Å². The zero-order valence-electron chi connectivity index (χ0n) is 11.6. The van der Waals surface area contributed by atoms with Crippen molar-refractivity contribution in [3.63, 3.8) is 0 Å². The van der Waals surface area contributed by atoms with Gasteiger partial charge in [0.15, 0.2) is 0 Å². The van der Waals surface area contributed by atoms with E-state index in [9.17, 15) is 4.79 Å². The fraction of sp³-hybridized carbons (Fsp3) is 0.500. The number of hydrogen-bond donors (Lipinski definition) is 2. The Labute approximate surface area is 128 Å². The summed E-state index contributed by atoms with van der Waals surface area (Å²) in [5, 5.41) is 3.49. The van der Waals surface area contributed by atoms with Crippen molar-refractivity contribution in [1.82, 2.24) is 5.32 Å². The lowest BCUT2D eigenvalue weighted by Gasteiger charge is -2.21. The van der Waals surface area contributed by atoms with Gasteiger partial charge in [0.05, 0.1) is 12.3 Å². The van der Waals surface area contributed by atoms with Gasteiger partial charge < -0.3 is 15.8 Å². The molecule has 4 nitrogen and oxygen atoms in total. The normalized spacial score (nSPS) is 18.6. The van der Waals surface area contributed by atoms with E-state index in [1.807, 2.05) is 30.4 Å². The lowest BCUT2D eigenvalue weighted by Crippen LogP contribution is -2.33. The molecule has 110 valence electrons. The number of nitrogens with one attached hydrogen (secondary N) is 1. The minimum Gasteiger partial charge on any atom is -0.492 e. The number of carbonyl (C=O) groups is 1. The maximum Gasteiger partial charge on any atom is 0.251 e. The summed E-state index contributed by atoms with van der Waals surface area (Å²) >= 11 is 3.88. The maximum atomic E-state index is 12.1. The monoisotopic (exact) mass is 312 g/mol. The number of amides is 1. The van der Waals surface area contributed by atoms with E-state index in [1.54, 1.807) is 18.2 Å². The second kappa shape index (κ2) is 7.69. The predicted octanol–water partition coefficient (Wildman–Crippen LogP) is 2.25. The van der Waals surface area contributed by atoms with E-state index in [0.717, 1.165) is 5.75 Å². The van der Waals surface area contributed by atoms with Gasteiger partial charge in [-0.3, -0.25) is 4.79 Å². The molecule has 20 heavy (non-hydrogen) atoms. The van der Waals surface area contributed by atoms with E-state index < -0.39 is 0 Å². The smallest absolute Gasteiger partial charge is 0.251 e. The Morgan fingerprint density at radius 1 is 1.50 bits per heavy atom. The number of benzene rings is 1. The summed E-state index contributed by atoms with van der Waals surface area (Å²) in [5.41, 5.74) is 6.96. The van der Waals surface area contributed by atoms with Crippen LogP contribution >= 0.6 is 23.5 Å². The molecule has 1 heterocycles. The van der Waals surface area contributed by atoms with Gasteiger partial charge in [0.1, 0.15) is 5.75 Å². The van der Waals surface area contributed by atoms with E-state index in [1.165, 1.54) is 11.5 Å². The third kappa shape index (κ3) is 4.24. The van der Waals surface area contributed by atoms with E-state index in [-0.39, 0.29) is 5.91 Å². The SMILES string of the molecule is CCOc1ccc(C(=O)NCC2CSCCS2)cc1N. The molecule has 0 aliphatic carbocycles. The fourth-order valence-corrected chi connectivity index (χ4v) is 4.55. The highest BCUT2D eigenvalue weighted by Crippen LogP contribution is 2.24. The van der Waals surface area contributed by atoms with Crippen LogP contribution in [0, 0.1) is 0 Å². The third-order valence-corrected chi connectivity index (χ3v) is 5.79. The topological polar surface area (TPSA) is 64.3 Å². The van der Waals surface area contributed by atoms with Crippen LogP contribution in [-0.2, 0) is 0 Å². The van der Waals surface area contributed by atoms with Gasteiger partial charge in [0, 0.05) is 34.6 Å². The standard InChI is InChI=1S/C14H20N2O2S2/c1-2-18-13-4-3-10(7-12(13)15)14(17)16-8-11-9-19-5-6-20-11/h3-4,7,11H,2,5-6,8-9,15H2,1H3,(H,16,17). The van der Waals surface area contributed by atoms with Gasteiger partial charge in [-0.05, 0) is 25.1 Å². The van der Waals surface area contributed by atoms with E-state index >= 15 is 0 Å². The molecule has 0 aromatic heterocycles. The first-order valence-electron chi connectivity index (χ1n) is 6.70. The average molecular weight is 312 g/mol. The molecule has 1 aromatic carbocycles. The first kappa shape index (κ1) is 15.4. The van der Waals surface area contributed by atoms with Crippen LogP contribution in [0.25, 0.3) is 0 Å². The first-order chi connectivity index (χ1) is 9.70. The van der Waals surface area contributed by atoms with Crippen molar-refractivity contribution in [2.24, 2.45) is 0 Å². The molecule has 1 aliphatic heterocycles.